The van der Waals surface area contributed by atoms with Crippen LogP contribution in [0, 0.1) is 12.8 Å². The molecule has 1 amide bonds. The maximum absolute atomic E-state index is 12.0. The summed E-state index contributed by atoms with van der Waals surface area (Å²) in [4.78, 5) is 17.6. The number of carbonyl (C=O) groups is 1. The lowest BCUT2D eigenvalue weighted by atomic mass is 9.99. The van der Waals surface area contributed by atoms with Crippen LogP contribution in [0.15, 0.2) is 38.9 Å². The normalized spacial score (nSPS) is 13.6. The molecule has 3 N–H and O–H groups in total. The standard InChI is InChI=1S/C16H21N3OS2/c1-4-10(2)14(17)15(20)19-12-5-7-13(8-6-12)22-16-18-11(3)9-21-16/h5-10,14H,4,17H2,1-3H3,(H,19,20). The van der Waals surface area contributed by atoms with E-state index in [0.29, 0.717) is 0 Å². The van der Waals surface area contributed by atoms with Gasteiger partial charge in [0.25, 0.3) is 0 Å². The van der Waals surface area contributed by atoms with Crippen LogP contribution in [0.5, 0.6) is 0 Å². The Balaban J connectivity index is 1.95. The molecule has 1 heterocycles. The Bertz CT molecular complexity index is 625. The van der Waals surface area contributed by atoms with Crippen molar-refractivity contribution in [3.05, 3.63) is 35.3 Å². The van der Waals surface area contributed by atoms with Gasteiger partial charge in [0.2, 0.25) is 5.91 Å². The van der Waals surface area contributed by atoms with E-state index >= 15 is 0 Å². The van der Waals surface area contributed by atoms with Gasteiger partial charge in [-0.25, -0.2) is 4.98 Å². The van der Waals surface area contributed by atoms with Gasteiger partial charge in [0.05, 0.1) is 6.04 Å². The molecular weight excluding hydrogens is 314 g/mol. The van der Waals surface area contributed by atoms with E-state index in [-0.39, 0.29) is 11.8 Å². The molecule has 6 heteroatoms. The van der Waals surface area contributed by atoms with E-state index in [9.17, 15) is 4.79 Å². The van der Waals surface area contributed by atoms with Gasteiger partial charge in [0.15, 0.2) is 4.34 Å². The number of aromatic nitrogens is 1. The molecule has 0 aliphatic carbocycles. The Kier molecular flexibility index (Phi) is 5.99. The fourth-order valence-electron chi connectivity index (χ4n) is 1.82. The average Bonchev–Trinajstić information content (AvgIpc) is 2.92. The van der Waals surface area contributed by atoms with Gasteiger partial charge in [0, 0.05) is 21.7 Å². The molecule has 0 saturated carbocycles. The first-order chi connectivity index (χ1) is 10.5. The van der Waals surface area contributed by atoms with E-state index in [0.717, 1.165) is 27.0 Å². The Morgan fingerprint density at radius 2 is 2.09 bits per heavy atom. The van der Waals surface area contributed by atoms with Gasteiger partial charge in [-0.1, -0.05) is 32.0 Å². The summed E-state index contributed by atoms with van der Waals surface area (Å²) in [7, 11) is 0. The Hall–Kier alpha value is -1.37. The van der Waals surface area contributed by atoms with Crippen LogP contribution in [0.1, 0.15) is 26.0 Å². The van der Waals surface area contributed by atoms with Crippen molar-refractivity contribution in [3.8, 4) is 0 Å². The number of aryl methyl sites for hydroxylation is 1. The zero-order valence-corrected chi connectivity index (χ0v) is 14.6. The van der Waals surface area contributed by atoms with E-state index in [1.807, 2.05) is 50.4 Å². The third-order valence-corrected chi connectivity index (χ3v) is 5.55. The molecule has 0 spiro atoms. The van der Waals surface area contributed by atoms with Gasteiger partial charge in [-0.3, -0.25) is 4.79 Å². The van der Waals surface area contributed by atoms with Gasteiger partial charge in [-0.15, -0.1) is 11.3 Å². The fraction of sp³-hybridized carbons (Fsp3) is 0.375. The molecule has 2 aromatic rings. The van der Waals surface area contributed by atoms with Crippen molar-refractivity contribution in [2.24, 2.45) is 11.7 Å². The number of rotatable bonds is 6. The summed E-state index contributed by atoms with van der Waals surface area (Å²) in [6.45, 7) is 6.00. The monoisotopic (exact) mass is 335 g/mol. The number of nitrogens with one attached hydrogen (secondary N) is 1. The van der Waals surface area contributed by atoms with Crippen LogP contribution in [0.2, 0.25) is 0 Å². The molecule has 0 aliphatic heterocycles. The van der Waals surface area contributed by atoms with Crippen LogP contribution in [-0.4, -0.2) is 16.9 Å². The molecule has 0 fully saturated rings. The fourth-order valence-corrected chi connectivity index (χ4v) is 3.63. The largest absolute Gasteiger partial charge is 0.325 e. The summed E-state index contributed by atoms with van der Waals surface area (Å²) >= 11 is 3.26. The molecule has 1 aromatic heterocycles. The average molecular weight is 335 g/mol. The van der Waals surface area contributed by atoms with Gasteiger partial charge in [0.1, 0.15) is 0 Å². The van der Waals surface area contributed by atoms with Crippen molar-refractivity contribution < 1.29 is 4.79 Å². The van der Waals surface area contributed by atoms with Crippen molar-refractivity contribution in [1.82, 2.24) is 4.98 Å². The van der Waals surface area contributed by atoms with E-state index in [4.69, 9.17) is 5.73 Å². The van der Waals surface area contributed by atoms with Gasteiger partial charge < -0.3 is 11.1 Å². The summed E-state index contributed by atoms with van der Waals surface area (Å²) in [5.41, 5.74) is 7.73. The van der Waals surface area contributed by atoms with Crippen molar-refractivity contribution in [2.45, 2.75) is 42.5 Å². The smallest absolute Gasteiger partial charge is 0.241 e. The number of carbonyl (C=O) groups excluding carboxylic acids is 1. The highest BCUT2D eigenvalue weighted by Crippen LogP contribution is 2.30. The number of thiazole rings is 1. The first kappa shape index (κ1) is 17.0. The highest BCUT2D eigenvalue weighted by molar-refractivity contribution is 8.01. The van der Waals surface area contributed by atoms with E-state index < -0.39 is 6.04 Å². The maximum atomic E-state index is 12.0. The molecule has 22 heavy (non-hydrogen) atoms. The zero-order chi connectivity index (χ0) is 16.1. The van der Waals surface area contributed by atoms with Crippen LogP contribution in [0.3, 0.4) is 0 Å². The maximum Gasteiger partial charge on any atom is 0.241 e. The second-order valence-corrected chi connectivity index (χ2v) is 7.46. The minimum absolute atomic E-state index is 0.134. The quantitative estimate of drug-likeness (QED) is 0.840. The third-order valence-electron chi connectivity index (χ3n) is 3.48. The summed E-state index contributed by atoms with van der Waals surface area (Å²) in [6, 6.07) is 7.27. The number of amides is 1. The summed E-state index contributed by atoms with van der Waals surface area (Å²) < 4.78 is 1.02. The molecule has 118 valence electrons. The van der Waals surface area contributed by atoms with Crippen molar-refractivity contribution in [3.63, 3.8) is 0 Å². The molecule has 1 aromatic carbocycles. The van der Waals surface area contributed by atoms with E-state index in [1.165, 1.54) is 0 Å². The molecule has 2 atom stereocenters. The Morgan fingerprint density at radius 3 is 2.64 bits per heavy atom. The predicted octanol–water partition coefficient (Wildman–Crippen LogP) is 3.91. The molecule has 0 bridgehead atoms. The second kappa shape index (κ2) is 7.76. The highest BCUT2D eigenvalue weighted by Gasteiger charge is 2.19. The van der Waals surface area contributed by atoms with Crippen LogP contribution >= 0.6 is 23.1 Å². The topological polar surface area (TPSA) is 68.0 Å². The predicted molar refractivity (Wildman–Crippen MR) is 93.5 cm³/mol. The number of hydrogen-bond acceptors (Lipinski definition) is 5. The molecule has 2 rings (SSSR count). The first-order valence-electron chi connectivity index (χ1n) is 7.26. The number of anilines is 1. The number of nitrogens with zero attached hydrogens (tertiary/aromatic N) is 1. The molecule has 0 aliphatic rings. The van der Waals surface area contributed by atoms with Crippen LogP contribution in [0.4, 0.5) is 5.69 Å². The van der Waals surface area contributed by atoms with Crippen LogP contribution < -0.4 is 11.1 Å². The molecular formula is C16H21N3OS2. The van der Waals surface area contributed by atoms with E-state index in [2.05, 4.69) is 10.3 Å². The number of benzene rings is 1. The Morgan fingerprint density at radius 1 is 1.41 bits per heavy atom. The van der Waals surface area contributed by atoms with Crippen molar-refractivity contribution in [1.29, 1.82) is 0 Å². The molecule has 0 saturated heterocycles. The first-order valence-corrected chi connectivity index (χ1v) is 8.95. The van der Waals surface area contributed by atoms with Crippen molar-refractivity contribution in [2.75, 3.05) is 5.32 Å². The second-order valence-electron chi connectivity index (χ2n) is 5.28. The number of nitrogens with two attached hydrogens (primary N) is 1. The minimum atomic E-state index is -0.475. The van der Waals surface area contributed by atoms with Crippen LogP contribution in [-0.2, 0) is 4.79 Å². The van der Waals surface area contributed by atoms with E-state index in [1.54, 1.807) is 23.1 Å². The summed E-state index contributed by atoms with van der Waals surface area (Å²) in [5, 5.41) is 4.90. The Labute approximate surface area is 139 Å². The van der Waals surface area contributed by atoms with Gasteiger partial charge in [-0.05, 0) is 37.1 Å². The zero-order valence-electron chi connectivity index (χ0n) is 13.0. The molecule has 2 unspecified atom stereocenters. The van der Waals surface area contributed by atoms with Gasteiger partial charge >= 0.3 is 0 Å². The highest BCUT2D eigenvalue weighted by atomic mass is 32.2. The van der Waals surface area contributed by atoms with Crippen LogP contribution in [0.25, 0.3) is 0 Å². The molecule has 4 nitrogen and oxygen atoms in total. The number of hydrogen-bond donors (Lipinski definition) is 2. The minimum Gasteiger partial charge on any atom is -0.325 e. The molecule has 0 radical (unpaired) electrons. The van der Waals surface area contributed by atoms with Gasteiger partial charge in [-0.2, -0.15) is 0 Å². The lowest BCUT2D eigenvalue weighted by Crippen LogP contribution is -2.40. The third kappa shape index (κ3) is 4.56. The lowest BCUT2D eigenvalue weighted by Gasteiger charge is -2.17. The summed E-state index contributed by atoms with van der Waals surface area (Å²) in [6.07, 6.45) is 0.886. The lowest BCUT2D eigenvalue weighted by molar-refractivity contribution is -0.118. The SMILES string of the molecule is CCC(C)C(N)C(=O)Nc1ccc(Sc2nc(C)cs2)cc1. The van der Waals surface area contributed by atoms with Crippen molar-refractivity contribution >= 4 is 34.7 Å². The summed E-state index contributed by atoms with van der Waals surface area (Å²) in [5.74, 6) is 0.0354.